The molecule has 1 saturated carbocycles. The third kappa shape index (κ3) is 1.44. The van der Waals surface area contributed by atoms with Gasteiger partial charge in [0.1, 0.15) is 0 Å². The van der Waals surface area contributed by atoms with Crippen LogP contribution in [0.25, 0.3) is 0 Å². The highest BCUT2D eigenvalue weighted by Gasteiger charge is 2.40. The summed E-state index contributed by atoms with van der Waals surface area (Å²) in [7, 11) is 2.27. The van der Waals surface area contributed by atoms with Gasteiger partial charge in [-0.2, -0.15) is 0 Å². The number of hydrogen-bond donors (Lipinski definition) is 0. The molecule has 1 heterocycles. The van der Waals surface area contributed by atoms with Crippen LogP contribution in [0.5, 0.6) is 0 Å². The minimum absolute atomic E-state index is 0.878. The highest BCUT2D eigenvalue weighted by Crippen LogP contribution is 2.40. The number of rotatable bonds is 0. The van der Waals surface area contributed by atoms with Gasteiger partial charge in [0.25, 0.3) is 0 Å². The first-order valence-corrected chi connectivity index (χ1v) is 5.01. The predicted octanol–water partition coefficient (Wildman–Crippen LogP) is 2.52. The monoisotopic (exact) mass is 155 g/mol. The number of likely N-dealkylation sites (tertiary alicyclic amines) is 1. The van der Waals surface area contributed by atoms with Crippen molar-refractivity contribution in [3.63, 3.8) is 0 Å². The average Bonchev–Trinajstić information content (AvgIpc) is 2.60. The first kappa shape index (κ1) is 9.05. The Labute approximate surface area is 70.8 Å². The van der Waals surface area contributed by atoms with Crippen LogP contribution in [0.4, 0.5) is 0 Å². The van der Waals surface area contributed by atoms with Crippen molar-refractivity contribution in [1.82, 2.24) is 4.90 Å². The molecule has 0 radical (unpaired) electrons. The molecule has 0 aromatic carbocycles. The summed E-state index contributed by atoms with van der Waals surface area (Å²) in [6.45, 7) is 6.36. The van der Waals surface area contributed by atoms with Crippen molar-refractivity contribution in [1.29, 1.82) is 0 Å². The maximum Gasteiger partial charge on any atom is 0.00984 e. The topological polar surface area (TPSA) is 3.24 Å². The lowest BCUT2D eigenvalue weighted by atomic mass is 10.0. The molecule has 0 N–H and O–H groups in total. The van der Waals surface area contributed by atoms with Crippen LogP contribution in [-0.4, -0.2) is 24.0 Å². The van der Waals surface area contributed by atoms with Crippen molar-refractivity contribution in [2.24, 2.45) is 5.92 Å². The van der Waals surface area contributed by atoms with Crippen LogP contribution in [0.15, 0.2) is 0 Å². The minimum atomic E-state index is 0.878. The average molecular weight is 155 g/mol. The summed E-state index contributed by atoms with van der Waals surface area (Å²) in [5, 5.41) is 0. The first-order valence-electron chi connectivity index (χ1n) is 5.01. The normalized spacial score (nSPS) is 42.0. The van der Waals surface area contributed by atoms with Crippen molar-refractivity contribution in [2.45, 2.75) is 52.1 Å². The molecule has 2 aliphatic rings. The van der Waals surface area contributed by atoms with E-state index in [9.17, 15) is 0 Å². The lowest BCUT2D eigenvalue weighted by Crippen LogP contribution is -2.35. The fraction of sp³-hybridized carbons (Fsp3) is 1.00. The molecule has 1 nitrogen and oxygen atoms in total. The molecule has 3 atom stereocenters. The number of piperidine rings is 1. The molecule has 11 heavy (non-hydrogen) atoms. The van der Waals surface area contributed by atoms with Crippen molar-refractivity contribution < 1.29 is 0 Å². The molecule has 66 valence electrons. The van der Waals surface area contributed by atoms with Gasteiger partial charge in [0, 0.05) is 12.1 Å². The van der Waals surface area contributed by atoms with Gasteiger partial charge >= 0.3 is 0 Å². The summed E-state index contributed by atoms with van der Waals surface area (Å²) < 4.78 is 0. The maximum atomic E-state index is 2.55. The molecule has 2 bridgehead atoms. The Balaban J connectivity index is 0.000000281. The van der Waals surface area contributed by atoms with E-state index in [0.717, 1.165) is 18.0 Å². The van der Waals surface area contributed by atoms with Crippen LogP contribution in [-0.2, 0) is 0 Å². The molecule has 2 fully saturated rings. The molecule has 1 heteroatoms. The fourth-order valence-electron chi connectivity index (χ4n) is 2.46. The van der Waals surface area contributed by atoms with Gasteiger partial charge in [0.15, 0.2) is 0 Å². The molecule has 1 aliphatic heterocycles. The number of fused-ring (bicyclic) bond motifs is 2. The lowest BCUT2D eigenvalue weighted by molar-refractivity contribution is 0.190. The predicted molar refractivity (Wildman–Crippen MR) is 49.7 cm³/mol. The molecule has 1 saturated heterocycles. The largest absolute Gasteiger partial charge is 0.300 e. The van der Waals surface area contributed by atoms with Crippen LogP contribution in [0.3, 0.4) is 0 Å². The van der Waals surface area contributed by atoms with Gasteiger partial charge in [-0.25, -0.2) is 0 Å². The molecule has 2 rings (SSSR count). The number of hydrogen-bond acceptors (Lipinski definition) is 1. The van der Waals surface area contributed by atoms with Gasteiger partial charge in [-0.3, -0.25) is 0 Å². The van der Waals surface area contributed by atoms with E-state index in [1.54, 1.807) is 0 Å². The van der Waals surface area contributed by atoms with Gasteiger partial charge < -0.3 is 4.90 Å². The summed E-state index contributed by atoms with van der Waals surface area (Å²) in [5.41, 5.74) is 0. The van der Waals surface area contributed by atoms with E-state index >= 15 is 0 Å². The van der Waals surface area contributed by atoms with Crippen LogP contribution in [0, 0.1) is 5.92 Å². The Bertz CT molecular complexity index is 104. The van der Waals surface area contributed by atoms with E-state index in [4.69, 9.17) is 0 Å². The van der Waals surface area contributed by atoms with E-state index in [1.807, 2.05) is 13.8 Å². The Morgan fingerprint density at radius 2 is 1.82 bits per heavy atom. The molecule has 0 aromatic heterocycles. The third-order valence-electron chi connectivity index (χ3n) is 3.35. The standard InChI is InChI=1S/C8H15N.C2H6/c1-6-7-3-4-8(5-7)9(6)2;1-2/h6-8H,3-5H2,1-2H3;1-2H3. The molecule has 3 unspecified atom stereocenters. The van der Waals surface area contributed by atoms with Gasteiger partial charge in [-0.05, 0) is 39.2 Å². The van der Waals surface area contributed by atoms with E-state index in [2.05, 4.69) is 18.9 Å². The fourth-order valence-corrected chi connectivity index (χ4v) is 2.46. The van der Waals surface area contributed by atoms with E-state index in [-0.39, 0.29) is 0 Å². The minimum Gasteiger partial charge on any atom is -0.300 e. The molecule has 0 aromatic rings. The second-order valence-electron chi connectivity index (χ2n) is 3.63. The van der Waals surface area contributed by atoms with Gasteiger partial charge in [0.2, 0.25) is 0 Å². The lowest BCUT2D eigenvalue weighted by Gasteiger charge is -2.28. The Hall–Kier alpha value is -0.0400. The zero-order valence-corrected chi connectivity index (χ0v) is 8.30. The smallest absolute Gasteiger partial charge is 0.00984 e. The van der Waals surface area contributed by atoms with Crippen molar-refractivity contribution in [3.05, 3.63) is 0 Å². The summed E-state index contributed by atoms with van der Waals surface area (Å²) >= 11 is 0. The Morgan fingerprint density at radius 1 is 1.18 bits per heavy atom. The van der Waals surface area contributed by atoms with Crippen LogP contribution >= 0.6 is 0 Å². The molecular formula is C10H21N. The van der Waals surface area contributed by atoms with Gasteiger partial charge in [-0.1, -0.05) is 13.8 Å². The van der Waals surface area contributed by atoms with Crippen LogP contribution in [0.1, 0.15) is 40.0 Å². The molecule has 0 amide bonds. The zero-order valence-electron chi connectivity index (χ0n) is 8.30. The van der Waals surface area contributed by atoms with Crippen molar-refractivity contribution in [2.75, 3.05) is 7.05 Å². The number of nitrogens with zero attached hydrogens (tertiary/aromatic N) is 1. The first-order chi connectivity index (χ1) is 5.29. The summed E-state index contributed by atoms with van der Waals surface area (Å²) in [6, 6.07) is 1.83. The Morgan fingerprint density at radius 3 is 2.09 bits per heavy atom. The molecular weight excluding hydrogens is 134 g/mol. The SMILES string of the molecule is CC.CC1C2CCC(C2)N1C. The van der Waals surface area contributed by atoms with Gasteiger partial charge in [0.05, 0.1) is 0 Å². The molecule has 1 aliphatic carbocycles. The highest BCUT2D eigenvalue weighted by molar-refractivity contribution is 4.95. The Kier molecular flexibility index (Phi) is 2.94. The third-order valence-corrected chi connectivity index (χ3v) is 3.35. The van der Waals surface area contributed by atoms with Gasteiger partial charge in [-0.15, -0.1) is 0 Å². The maximum absolute atomic E-state index is 2.55. The summed E-state index contributed by atoms with van der Waals surface area (Å²) in [5.74, 6) is 1.04. The highest BCUT2D eigenvalue weighted by atomic mass is 15.2. The van der Waals surface area contributed by atoms with Crippen molar-refractivity contribution in [3.8, 4) is 0 Å². The van der Waals surface area contributed by atoms with E-state index < -0.39 is 0 Å². The quantitative estimate of drug-likeness (QED) is 0.519. The van der Waals surface area contributed by atoms with E-state index in [1.165, 1.54) is 19.3 Å². The van der Waals surface area contributed by atoms with Crippen LogP contribution in [0.2, 0.25) is 0 Å². The zero-order chi connectivity index (χ0) is 8.43. The van der Waals surface area contributed by atoms with Crippen LogP contribution < -0.4 is 0 Å². The molecule has 0 spiro atoms. The van der Waals surface area contributed by atoms with Crippen molar-refractivity contribution >= 4 is 0 Å². The second-order valence-corrected chi connectivity index (χ2v) is 3.63. The summed E-state index contributed by atoms with van der Waals surface area (Å²) in [4.78, 5) is 2.55. The van der Waals surface area contributed by atoms with E-state index in [0.29, 0.717) is 0 Å². The summed E-state index contributed by atoms with van der Waals surface area (Å²) in [6.07, 6.45) is 4.44. The second kappa shape index (κ2) is 3.57.